The summed E-state index contributed by atoms with van der Waals surface area (Å²) in [7, 11) is 0. The second-order valence-corrected chi connectivity index (χ2v) is 4.90. The van der Waals surface area contributed by atoms with Crippen LogP contribution in [0.1, 0.15) is 39.2 Å². The van der Waals surface area contributed by atoms with E-state index in [1.807, 2.05) is 30.3 Å². The van der Waals surface area contributed by atoms with Gasteiger partial charge in [-0.15, -0.1) is 0 Å². The molecule has 2 aromatic carbocycles. The minimum absolute atomic E-state index is 0.120. The first-order valence-electron chi connectivity index (χ1n) is 6.77. The summed E-state index contributed by atoms with van der Waals surface area (Å²) in [5, 5.41) is 22.6. The summed E-state index contributed by atoms with van der Waals surface area (Å²) < 4.78 is 0. The van der Waals surface area contributed by atoms with Gasteiger partial charge >= 0.3 is 5.97 Å². The SMILES string of the molecule is CC(NC(=O)c1ccc([N+](=O)[O-])cc1C(=O)O)c1ccccc1. The maximum Gasteiger partial charge on any atom is 0.336 e. The maximum absolute atomic E-state index is 12.3. The average molecular weight is 314 g/mol. The number of amides is 1. The summed E-state index contributed by atoms with van der Waals surface area (Å²) in [6, 6.07) is 12.0. The van der Waals surface area contributed by atoms with Crippen molar-refractivity contribution in [1.82, 2.24) is 5.32 Å². The molecule has 0 aliphatic rings. The van der Waals surface area contributed by atoms with Crippen LogP contribution in [0.25, 0.3) is 0 Å². The number of rotatable bonds is 5. The third kappa shape index (κ3) is 3.70. The van der Waals surface area contributed by atoms with Gasteiger partial charge in [-0.3, -0.25) is 14.9 Å². The van der Waals surface area contributed by atoms with Crippen LogP contribution in [0.15, 0.2) is 48.5 Å². The molecular formula is C16H14N2O5. The van der Waals surface area contributed by atoms with Gasteiger partial charge in [0.15, 0.2) is 0 Å². The van der Waals surface area contributed by atoms with Crippen LogP contribution in [0.4, 0.5) is 5.69 Å². The van der Waals surface area contributed by atoms with Gasteiger partial charge in [0.25, 0.3) is 11.6 Å². The summed E-state index contributed by atoms with van der Waals surface area (Å²) in [5.41, 5.74) is -0.0439. The van der Waals surface area contributed by atoms with E-state index < -0.39 is 22.4 Å². The van der Waals surface area contributed by atoms with Gasteiger partial charge in [-0.1, -0.05) is 30.3 Å². The monoisotopic (exact) mass is 314 g/mol. The van der Waals surface area contributed by atoms with Gasteiger partial charge in [0.1, 0.15) is 0 Å². The van der Waals surface area contributed by atoms with Crippen LogP contribution in [-0.4, -0.2) is 21.9 Å². The van der Waals surface area contributed by atoms with Gasteiger partial charge in [0, 0.05) is 12.1 Å². The van der Waals surface area contributed by atoms with E-state index in [9.17, 15) is 19.7 Å². The number of hydrogen-bond acceptors (Lipinski definition) is 4. The van der Waals surface area contributed by atoms with E-state index in [0.717, 1.165) is 23.8 Å². The average Bonchev–Trinajstić information content (AvgIpc) is 2.54. The maximum atomic E-state index is 12.3. The van der Waals surface area contributed by atoms with E-state index in [-0.39, 0.29) is 17.3 Å². The van der Waals surface area contributed by atoms with Crippen molar-refractivity contribution in [3.05, 3.63) is 75.3 Å². The number of hydrogen-bond donors (Lipinski definition) is 2. The van der Waals surface area contributed by atoms with E-state index in [1.54, 1.807) is 6.92 Å². The molecule has 7 nitrogen and oxygen atoms in total. The van der Waals surface area contributed by atoms with Crippen molar-refractivity contribution in [2.24, 2.45) is 0 Å². The van der Waals surface area contributed by atoms with Crippen molar-refractivity contribution in [3.8, 4) is 0 Å². The van der Waals surface area contributed by atoms with Crippen molar-refractivity contribution in [1.29, 1.82) is 0 Å². The van der Waals surface area contributed by atoms with Crippen molar-refractivity contribution < 1.29 is 19.6 Å². The highest BCUT2D eigenvalue weighted by Crippen LogP contribution is 2.19. The minimum Gasteiger partial charge on any atom is -0.478 e. The molecule has 23 heavy (non-hydrogen) atoms. The van der Waals surface area contributed by atoms with E-state index in [4.69, 9.17) is 5.11 Å². The first-order valence-corrected chi connectivity index (χ1v) is 6.77. The van der Waals surface area contributed by atoms with Gasteiger partial charge in [-0.25, -0.2) is 4.79 Å². The molecule has 2 N–H and O–H groups in total. The molecule has 1 amide bonds. The van der Waals surface area contributed by atoms with Gasteiger partial charge in [-0.2, -0.15) is 0 Å². The second kappa shape index (κ2) is 6.69. The second-order valence-electron chi connectivity index (χ2n) is 4.90. The molecule has 1 atom stereocenters. The molecule has 2 rings (SSSR count). The number of carbonyl (C=O) groups is 2. The van der Waals surface area contributed by atoms with Crippen LogP contribution in [0, 0.1) is 10.1 Å². The lowest BCUT2D eigenvalue weighted by molar-refractivity contribution is -0.384. The molecule has 1 unspecified atom stereocenters. The molecule has 0 aliphatic carbocycles. The molecule has 0 radical (unpaired) electrons. The fourth-order valence-corrected chi connectivity index (χ4v) is 2.12. The van der Waals surface area contributed by atoms with E-state index in [1.165, 1.54) is 0 Å². The lowest BCUT2D eigenvalue weighted by Crippen LogP contribution is -2.28. The third-order valence-electron chi connectivity index (χ3n) is 3.34. The number of carbonyl (C=O) groups excluding carboxylic acids is 1. The number of aromatic carboxylic acids is 1. The van der Waals surface area contributed by atoms with Crippen LogP contribution in [0.5, 0.6) is 0 Å². The zero-order valence-electron chi connectivity index (χ0n) is 12.2. The predicted octanol–water partition coefficient (Wildman–Crippen LogP) is 2.78. The van der Waals surface area contributed by atoms with Crippen LogP contribution < -0.4 is 5.32 Å². The lowest BCUT2D eigenvalue weighted by atomic mass is 10.0. The fraction of sp³-hybridized carbons (Fsp3) is 0.125. The van der Waals surface area contributed by atoms with E-state index >= 15 is 0 Å². The largest absolute Gasteiger partial charge is 0.478 e. The smallest absolute Gasteiger partial charge is 0.336 e. The summed E-state index contributed by atoms with van der Waals surface area (Å²) >= 11 is 0. The number of nitrogens with one attached hydrogen (secondary N) is 1. The number of non-ortho nitro benzene ring substituents is 1. The topological polar surface area (TPSA) is 110 Å². The molecule has 7 heteroatoms. The quantitative estimate of drug-likeness (QED) is 0.651. The molecule has 0 aromatic heterocycles. The Balaban J connectivity index is 2.28. The summed E-state index contributed by atoms with van der Waals surface area (Å²) in [5.74, 6) is -2.00. The first-order chi connectivity index (χ1) is 10.9. The predicted molar refractivity (Wildman–Crippen MR) is 82.4 cm³/mol. The van der Waals surface area contributed by atoms with Crippen LogP contribution in [-0.2, 0) is 0 Å². The van der Waals surface area contributed by atoms with Crippen molar-refractivity contribution in [2.75, 3.05) is 0 Å². The highest BCUT2D eigenvalue weighted by Gasteiger charge is 2.21. The summed E-state index contributed by atoms with van der Waals surface area (Å²) in [6.45, 7) is 1.76. The Morgan fingerprint density at radius 1 is 1.13 bits per heavy atom. The summed E-state index contributed by atoms with van der Waals surface area (Å²) in [6.07, 6.45) is 0. The normalized spacial score (nSPS) is 11.5. The molecule has 118 valence electrons. The molecule has 0 bridgehead atoms. The molecule has 0 fully saturated rings. The summed E-state index contributed by atoms with van der Waals surface area (Å²) in [4.78, 5) is 33.6. The van der Waals surface area contributed by atoms with E-state index in [2.05, 4.69) is 5.32 Å². The van der Waals surface area contributed by atoms with Crippen molar-refractivity contribution in [3.63, 3.8) is 0 Å². The Hall–Kier alpha value is -3.22. The Bertz CT molecular complexity index is 758. The minimum atomic E-state index is -1.40. The lowest BCUT2D eigenvalue weighted by Gasteiger charge is -2.15. The molecule has 0 aliphatic heterocycles. The highest BCUT2D eigenvalue weighted by atomic mass is 16.6. The van der Waals surface area contributed by atoms with Crippen LogP contribution >= 0.6 is 0 Å². The van der Waals surface area contributed by atoms with Gasteiger partial charge in [0.05, 0.1) is 22.1 Å². The van der Waals surface area contributed by atoms with E-state index in [0.29, 0.717) is 0 Å². The number of carboxylic acids is 1. The standard InChI is InChI=1S/C16H14N2O5/c1-10(11-5-3-2-4-6-11)17-15(19)13-8-7-12(18(22)23)9-14(13)16(20)21/h2-10H,1H3,(H,17,19)(H,20,21). The number of carboxylic acid groups (broad SMARTS) is 1. The Kier molecular flexibility index (Phi) is 4.70. The Morgan fingerprint density at radius 3 is 2.35 bits per heavy atom. The molecule has 0 heterocycles. The molecule has 0 saturated heterocycles. The zero-order chi connectivity index (χ0) is 17.0. The highest BCUT2D eigenvalue weighted by molar-refractivity contribution is 6.05. The van der Waals surface area contributed by atoms with Crippen LogP contribution in [0.2, 0.25) is 0 Å². The van der Waals surface area contributed by atoms with Gasteiger partial charge in [-0.05, 0) is 18.6 Å². The molecular weight excluding hydrogens is 300 g/mol. The van der Waals surface area contributed by atoms with Crippen molar-refractivity contribution in [2.45, 2.75) is 13.0 Å². The molecule has 0 saturated carbocycles. The molecule has 2 aromatic rings. The number of nitro benzene ring substituents is 1. The Labute approximate surface area is 131 Å². The fourth-order valence-electron chi connectivity index (χ4n) is 2.12. The van der Waals surface area contributed by atoms with Crippen LogP contribution in [0.3, 0.4) is 0 Å². The van der Waals surface area contributed by atoms with Gasteiger partial charge < -0.3 is 10.4 Å². The molecule has 0 spiro atoms. The first kappa shape index (κ1) is 16.2. The number of benzene rings is 2. The number of nitro groups is 1. The third-order valence-corrected chi connectivity index (χ3v) is 3.34. The zero-order valence-corrected chi connectivity index (χ0v) is 12.2. The van der Waals surface area contributed by atoms with Gasteiger partial charge in [0.2, 0.25) is 0 Å². The number of nitrogens with zero attached hydrogens (tertiary/aromatic N) is 1. The van der Waals surface area contributed by atoms with Crippen molar-refractivity contribution >= 4 is 17.6 Å². The Morgan fingerprint density at radius 2 is 1.78 bits per heavy atom.